The number of hydrogen-bond acceptors (Lipinski definition) is 3. The number of amides is 1. The van der Waals surface area contributed by atoms with Crippen LogP contribution in [0.4, 0.5) is 4.79 Å². The number of likely N-dealkylation sites (tertiary alicyclic amines) is 1. The first kappa shape index (κ1) is 13.3. The lowest BCUT2D eigenvalue weighted by Crippen LogP contribution is -2.40. The summed E-state index contributed by atoms with van der Waals surface area (Å²) >= 11 is 0. The van der Waals surface area contributed by atoms with E-state index in [9.17, 15) is 4.79 Å². The van der Waals surface area contributed by atoms with E-state index in [2.05, 4.69) is 6.92 Å². The minimum Gasteiger partial charge on any atom is -0.447 e. The molecule has 4 nitrogen and oxygen atoms in total. The SMILES string of the molecule is CCOCCOC(=O)N1CCCC(CC)C1. The minimum absolute atomic E-state index is 0.183. The van der Waals surface area contributed by atoms with Crippen molar-refractivity contribution >= 4 is 6.09 Å². The first-order valence-corrected chi connectivity index (χ1v) is 6.27. The first-order valence-electron chi connectivity index (χ1n) is 6.27. The third kappa shape index (κ3) is 4.39. The molecule has 0 aliphatic carbocycles. The Kier molecular flexibility index (Phi) is 6.23. The van der Waals surface area contributed by atoms with Gasteiger partial charge in [-0.3, -0.25) is 0 Å². The minimum atomic E-state index is -0.183. The monoisotopic (exact) mass is 229 g/mol. The van der Waals surface area contributed by atoms with Crippen molar-refractivity contribution in [3.8, 4) is 0 Å². The maximum absolute atomic E-state index is 11.7. The van der Waals surface area contributed by atoms with Gasteiger partial charge in [0.15, 0.2) is 0 Å². The largest absolute Gasteiger partial charge is 0.447 e. The Morgan fingerprint density at radius 2 is 2.19 bits per heavy atom. The number of rotatable bonds is 5. The number of ether oxygens (including phenoxy) is 2. The molecule has 1 saturated heterocycles. The van der Waals surface area contributed by atoms with Gasteiger partial charge in [-0.05, 0) is 25.7 Å². The summed E-state index contributed by atoms with van der Waals surface area (Å²) in [5, 5.41) is 0. The molecule has 0 aromatic heterocycles. The van der Waals surface area contributed by atoms with E-state index in [0.29, 0.717) is 25.7 Å². The van der Waals surface area contributed by atoms with E-state index < -0.39 is 0 Å². The highest BCUT2D eigenvalue weighted by Gasteiger charge is 2.23. The molecule has 94 valence electrons. The summed E-state index contributed by atoms with van der Waals surface area (Å²) in [5.41, 5.74) is 0. The van der Waals surface area contributed by atoms with E-state index in [1.54, 1.807) is 0 Å². The van der Waals surface area contributed by atoms with Crippen LogP contribution in [0.3, 0.4) is 0 Å². The van der Waals surface area contributed by atoms with Gasteiger partial charge in [-0.2, -0.15) is 0 Å². The molecule has 1 unspecified atom stereocenters. The van der Waals surface area contributed by atoms with Gasteiger partial charge in [-0.1, -0.05) is 13.3 Å². The zero-order valence-electron chi connectivity index (χ0n) is 10.4. The van der Waals surface area contributed by atoms with E-state index in [1.165, 1.54) is 6.42 Å². The second-order valence-corrected chi connectivity index (χ2v) is 4.17. The van der Waals surface area contributed by atoms with Crippen molar-refractivity contribution < 1.29 is 14.3 Å². The van der Waals surface area contributed by atoms with Crippen LogP contribution >= 0.6 is 0 Å². The van der Waals surface area contributed by atoms with Gasteiger partial charge in [0.2, 0.25) is 0 Å². The van der Waals surface area contributed by atoms with Crippen molar-refractivity contribution in [3.63, 3.8) is 0 Å². The van der Waals surface area contributed by atoms with Crippen LogP contribution in [0, 0.1) is 5.92 Å². The van der Waals surface area contributed by atoms with Crippen LogP contribution in [0.5, 0.6) is 0 Å². The zero-order valence-corrected chi connectivity index (χ0v) is 10.4. The van der Waals surface area contributed by atoms with Gasteiger partial charge in [0, 0.05) is 19.7 Å². The molecule has 1 rings (SSSR count). The summed E-state index contributed by atoms with van der Waals surface area (Å²) in [6.45, 7) is 7.31. The lowest BCUT2D eigenvalue weighted by Gasteiger charge is -2.31. The second kappa shape index (κ2) is 7.49. The molecule has 1 aliphatic heterocycles. The third-order valence-electron chi connectivity index (χ3n) is 3.01. The Hall–Kier alpha value is -0.770. The first-order chi connectivity index (χ1) is 7.77. The maximum Gasteiger partial charge on any atom is 0.409 e. The molecule has 16 heavy (non-hydrogen) atoms. The Morgan fingerprint density at radius 3 is 2.88 bits per heavy atom. The molecule has 0 radical (unpaired) electrons. The molecule has 1 heterocycles. The van der Waals surface area contributed by atoms with Crippen LogP contribution in [-0.4, -0.2) is 43.9 Å². The Bertz CT molecular complexity index is 208. The summed E-state index contributed by atoms with van der Waals surface area (Å²) in [6, 6.07) is 0. The fraction of sp³-hybridized carbons (Fsp3) is 0.917. The molecule has 0 aromatic carbocycles. The van der Waals surface area contributed by atoms with E-state index in [-0.39, 0.29) is 6.09 Å². The standard InChI is InChI=1S/C12H23NO3/c1-3-11-6-5-7-13(10-11)12(14)16-9-8-15-4-2/h11H,3-10H2,1-2H3. The fourth-order valence-electron chi connectivity index (χ4n) is 1.99. The molecule has 0 aromatic rings. The van der Waals surface area contributed by atoms with Gasteiger partial charge < -0.3 is 14.4 Å². The van der Waals surface area contributed by atoms with Gasteiger partial charge in [0.25, 0.3) is 0 Å². The van der Waals surface area contributed by atoms with Crippen LogP contribution in [0.15, 0.2) is 0 Å². The Morgan fingerprint density at radius 1 is 1.38 bits per heavy atom. The second-order valence-electron chi connectivity index (χ2n) is 4.17. The summed E-state index contributed by atoms with van der Waals surface area (Å²) in [4.78, 5) is 13.5. The predicted octanol–water partition coefficient (Wildman–Crippen LogP) is 2.28. The van der Waals surface area contributed by atoms with Gasteiger partial charge in [-0.15, -0.1) is 0 Å². The van der Waals surface area contributed by atoms with Crippen molar-refractivity contribution in [1.29, 1.82) is 0 Å². The number of carbonyl (C=O) groups is 1. The summed E-state index contributed by atoms with van der Waals surface area (Å²) in [5.74, 6) is 0.646. The van der Waals surface area contributed by atoms with Gasteiger partial charge in [-0.25, -0.2) is 4.79 Å². The molecular weight excluding hydrogens is 206 g/mol. The summed E-state index contributed by atoms with van der Waals surface area (Å²) in [7, 11) is 0. The molecule has 1 fully saturated rings. The lowest BCUT2D eigenvalue weighted by molar-refractivity contribution is 0.0502. The highest BCUT2D eigenvalue weighted by molar-refractivity contribution is 5.67. The molecule has 0 saturated carbocycles. The Balaban J connectivity index is 2.19. The van der Waals surface area contributed by atoms with Gasteiger partial charge in [0.1, 0.15) is 6.61 Å². The van der Waals surface area contributed by atoms with E-state index in [1.807, 2.05) is 11.8 Å². The molecule has 0 spiro atoms. The molecule has 4 heteroatoms. The van der Waals surface area contributed by atoms with Crippen LogP contribution in [0.2, 0.25) is 0 Å². The van der Waals surface area contributed by atoms with Crippen LogP contribution < -0.4 is 0 Å². The average Bonchev–Trinajstić information content (AvgIpc) is 2.34. The van der Waals surface area contributed by atoms with Crippen molar-refractivity contribution in [2.75, 3.05) is 32.9 Å². The predicted molar refractivity (Wildman–Crippen MR) is 62.4 cm³/mol. The Labute approximate surface area is 97.9 Å². The van der Waals surface area contributed by atoms with Crippen molar-refractivity contribution in [1.82, 2.24) is 4.90 Å². The normalized spacial score (nSPS) is 20.9. The van der Waals surface area contributed by atoms with E-state index >= 15 is 0 Å². The highest BCUT2D eigenvalue weighted by Crippen LogP contribution is 2.19. The lowest BCUT2D eigenvalue weighted by atomic mass is 9.96. The topological polar surface area (TPSA) is 38.8 Å². The van der Waals surface area contributed by atoms with Crippen LogP contribution in [0.25, 0.3) is 0 Å². The van der Waals surface area contributed by atoms with Crippen molar-refractivity contribution in [3.05, 3.63) is 0 Å². The molecule has 1 aliphatic rings. The van der Waals surface area contributed by atoms with Crippen molar-refractivity contribution in [2.24, 2.45) is 5.92 Å². The number of hydrogen-bond donors (Lipinski definition) is 0. The molecular formula is C12H23NO3. The zero-order chi connectivity index (χ0) is 11.8. The molecule has 1 amide bonds. The summed E-state index contributed by atoms with van der Waals surface area (Å²) < 4.78 is 10.3. The quantitative estimate of drug-likeness (QED) is 0.679. The smallest absolute Gasteiger partial charge is 0.409 e. The molecule has 1 atom stereocenters. The molecule has 0 N–H and O–H groups in total. The van der Waals surface area contributed by atoms with Crippen LogP contribution in [-0.2, 0) is 9.47 Å². The fourth-order valence-corrected chi connectivity index (χ4v) is 1.99. The number of nitrogens with zero attached hydrogens (tertiary/aromatic N) is 1. The number of piperidine rings is 1. The van der Waals surface area contributed by atoms with E-state index in [0.717, 1.165) is 25.9 Å². The highest BCUT2D eigenvalue weighted by atomic mass is 16.6. The van der Waals surface area contributed by atoms with E-state index in [4.69, 9.17) is 9.47 Å². The average molecular weight is 229 g/mol. The summed E-state index contributed by atoms with van der Waals surface area (Å²) in [6.07, 6.45) is 3.29. The number of carbonyl (C=O) groups excluding carboxylic acids is 1. The van der Waals surface area contributed by atoms with Gasteiger partial charge in [0.05, 0.1) is 6.61 Å². The van der Waals surface area contributed by atoms with Crippen molar-refractivity contribution in [2.45, 2.75) is 33.1 Å². The van der Waals surface area contributed by atoms with Gasteiger partial charge >= 0.3 is 6.09 Å². The maximum atomic E-state index is 11.7. The van der Waals surface area contributed by atoms with Crippen LogP contribution in [0.1, 0.15) is 33.1 Å². The molecule has 0 bridgehead atoms. The third-order valence-corrected chi connectivity index (χ3v) is 3.01.